The number of carbonyl (C=O) groups excluding carboxylic acids is 1. The van der Waals surface area contributed by atoms with Gasteiger partial charge in [0.1, 0.15) is 0 Å². The smallest absolute Gasteiger partial charge is 0.231 e. The van der Waals surface area contributed by atoms with Crippen molar-refractivity contribution in [1.82, 2.24) is 4.90 Å². The van der Waals surface area contributed by atoms with Crippen LogP contribution in [0.4, 0.5) is 0 Å². The molecule has 1 aliphatic heterocycles. The SMILES string of the molecule is C=C1CC(=O)N(C)C1=C. The van der Waals surface area contributed by atoms with Crippen molar-refractivity contribution >= 4 is 5.91 Å². The largest absolute Gasteiger partial charge is 0.316 e. The summed E-state index contributed by atoms with van der Waals surface area (Å²) in [7, 11) is 1.71. The Morgan fingerprint density at radius 2 is 2.11 bits per heavy atom. The highest BCUT2D eigenvalue weighted by Gasteiger charge is 2.22. The fourth-order valence-corrected chi connectivity index (χ4v) is 0.791. The zero-order valence-electron chi connectivity index (χ0n) is 5.48. The Labute approximate surface area is 54.5 Å². The summed E-state index contributed by atoms with van der Waals surface area (Å²) >= 11 is 0. The molecule has 2 heteroatoms. The quantitative estimate of drug-likeness (QED) is 0.469. The van der Waals surface area contributed by atoms with Gasteiger partial charge in [-0.2, -0.15) is 0 Å². The Morgan fingerprint density at radius 1 is 1.56 bits per heavy atom. The van der Waals surface area contributed by atoms with Gasteiger partial charge in [0.05, 0.1) is 6.42 Å². The van der Waals surface area contributed by atoms with E-state index >= 15 is 0 Å². The van der Waals surface area contributed by atoms with Crippen LogP contribution in [0.5, 0.6) is 0 Å². The molecule has 0 atom stereocenters. The van der Waals surface area contributed by atoms with E-state index in [1.54, 1.807) is 7.05 Å². The average molecular weight is 123 g/mol. The number of allylic oxidation sites excluding steroid dienone is 1. The van der Waals surface area contributed by atoms with Crippen molar-refractivity contribution < 1.29 is 4.79 Å². The minimum absolute atomic E-state index is 0.0880. The summed E-state index contributed by atoms with van der Waals surface area (Å²) in [5.74, 6) is 0.0880. The molecule has 0 saturated carbocycles. The first-order chi connectivity index (χ1) is 4.13. The summed E-state index contributed by atoms with van der Waals surface area (Å²) in [5, 5.41) is 0. The van der Waals surface area contributed by atoms with Crippen LogP contribution < -0.4 is 0 Å². The highest BCUT2D eigenvalue weighted by atomic mass is 16.2. The molecule has 0 aliphatic carbocycles. The van der Waals surface area contributed by atoms with Crippen molar-refractivity contribution in [1.29, 1.82) is 0 Å². The maximum Gasteiger partial charge on any atom is 0.231 e. The first-order valence-corrected chi connectivity index (χ1v) is 2.76. The highest BCUT2D eigenvalue weighted by Crippen LogP contribution is 2.22. The van der Waals surface area contributed by atoms with Crippen molar-refractivity contribution in [3.63, 3.8) is 0 Å². The molecule has 1 amide bonds. The van der Waals surface area contributed by atoms with Gasteiger partial charge in [0, 0.05) is 12.7 Å². The van der Waals surface area contributed by atoms with Gasteiger partial charge in [0.2, 0.25) is 5.91 Å². The van der Waals surface area contributed by atoms with Gasteiger partial charge >= 0.3 is 0 Å². The summed E-state index contributed by atoms with van der Waals surface area (Å²) in [6, 6.07) is 0. The van der Waals surface area contributed by atoms with Crippen molar-refractivity contribution in [2.45, 2.75) is 6.42 Å². The van der Waals surface area contributed by atoms with E-state index in [1.807, 2.05) is 0 Å². The first kappa shape index (κ1) is 6.08. The lowest BCUT2D eigenvalue weighted by Crippen LogP contribution is -2.16. The molecule has 1 saturated heterocycles. The molecule has 0 aromatic carbocycles. The lowest BCUT2D eigenvalue weighted by Gasteiger charge is -2.07. The standard InChI is InChI=1S/C7H9NO/c1-5-4-7(9)8(3)6(5)2/h1-2,4H2,3H3. The van der Waals surface area contributed by atoms with Crippen LogP contribution in [0.25, 0.3) is 0 Å². The lowest BCUT2D eigenvalue weighted by molar-refractivity contribution is -0.125. The molecule has 9 heavy (non-hydrogen) atoms. The minimum atomic E-state index is 0.0880. The van der Waals surface area contributed by atoms with Crippen LogP contribution in [0.2, 0.25) is 0 Å². The molecule has 1 heterocycles. The zero-order valence-corrected chi connectivity index (χ0v) is 5.48. The van der Waals surface area contributed by atoms with E-state index in [9.17, 15) is 4.79 Å². The number of amides is 1. The van der Waals surface area contributed by atoms with E-state index in [4.69, 9.17) is 0 Å². The second kappa shape index (κ2) is 1.72. The molecule has 0 aromatic heterocycles. The Hall–Kier alpha value is -1.05. The summed E-state index contributed by atoms with van der Waals surface area (Å²) < 4.78 is 0. The number of likely N-dealkylation sites (N-methyl/N-ethyl adjacent to an activating group) is 1. The van der Waals surface area contributed by atoms with Crippen LogP contribution in [0, 0.1) is 0 Å². The van der Waals surface area contributed by atoms with Crippen molar-refractivity contribution in [3.05, 3.63) is 24.4 Å². The second-order valence-electron chi connectivity index (χ2n) is 2.18. The zero-order chi connectivity index (χ0) is 7.02. The third-order valence-electron chi connectivity index (χ3n) is 1.55. The number of nitrogens with zero attached hydrogens (tertiary/aromatic N) is 1. The van der Waals surface area contributed by atoms with Gasteiger partial charge in [0.25, 0.3) is 0 Å². The molecular weight excluding hydrogens is 114 g/mol. The molecule has 0 unspecified atom stereocenters. The molecule has 1 fully saturated rings. The first-order valence-electron chi connectivity index (χ1n) is 2.76. The highest BCUT2D eigenvalue weighted by molar-refractivity contribution is 5.86. The van der Waals surface area contributed by atoms with Gasteiger partial charge in [0.15, 0.2) is 0 Å². The molecule has 1 aliphatic rings. The molecule has 0 spiro atoms. The maximum absolute atomic E-state index is 10.8. The molecule has 0 aromatic rings. The van der Waals surface area contributed by atoms with Gasteiger partial charge < -0.3 is 4.90 Å². The van der Waals surface area contributed by atoms with Crippen LogP contribution in [0.3, 0.4) is 0 Å². The summed E-state index contributed by atoms with van der Waals surface area (Å²) in [4.78, 5) is 12.3. The van der Waals surface area contributed by atoms with Crippen molar-refractivity contribution in [2.75, 3.05) is 7.05 Å². The fourth-order valence-electron chi connectivity index (χ4n) is 0.791. The Balaban J connectivity index is 2.90. The number of hydrogen-bond donors (Lipinski definition) is 0. The maximum atomic E-state index is 10.8. The van der Waals surface area contributed by atoms with Crippen molar-refractivity contribution in [3.8, 4) is 0 Å². The number of carbonyl (C=O) groups is 1. The molecule has 0 N–H and O–H groups in total. The Bertz CT molecular complexity index is 193. The lowest BCUT2D eigenvalue weighted by atomic mass is 10.2. The van der Waals surface area contributed by atoms with Gasteiger partial charge in [-0.1, -0.05) is 13.2 Å². The molecule has 48 valence electrons. The van der Waals surface area contributed by atoms with Gasteiger partial charge in [-0.15, -0.1) is 0 Å². The third-order valence-corrected chi connectivity index (χ3v) is 1.55. The third kappa shape index (κ3) is 0.762. The van der Waals surface area contributed by atoms with Gasteiger partial charge in [-0.3, -0.25) is 4.79 Å². The molecule has 0 bridgehead atoms. The van der Waals surface area contributed by atoms with Gasteiger partial charge in [-0.25, -0.2) is 0 Å². The molecule has 1 rings (SSSR count). The topological polar surface area (TPSA) is 20.3 Å². The predicted molar refractivity (Wildman–Crippen MR) is 35.7 cm³/mol. The van der Waals surface area contributed by atoms with E-state index in [1.165, 1.54) is 4.90 Å². The molecule has 2 nitrogen and oxygen atoms in total. The van der Waals surface area contributed by atoms with E-state index in [0.29, 0.717) is 6.42 Å². The number of likely N-dealkylation sites (tertiary alicyclic amines) is 1. The van der Waals surface area contributed by atoms with E-state index < -0.39 is 0 Å². The van der Waals surface area contributed by atoms with E-state index in [-0.39, 0.29) is 5.91 Å². The minimum Gasteiger partial charge on any atom is -0.316 e. The average Bonchev–Trinajstić information content (AvgIpc) is 1.98. The van der Waals surface area contributed by atoms with Crippen LogP contribution in [0.15, 0.2) is 24.4 Å². The Kier molecular flexibility index (Phi) is 1.16. The predicted octanol–water partition coefficient (Wildman–Crippen LogP) is 0.918. The van der Waals surface area contributed by atoms with Crippen LogP contribution in [-0.2, 0) is 4.79 Å². The van der Waals surface area contributed by atoms with E-state index in [2.05, 4.69) is 13.2 Å². The van der Waals surface area contributed by atoms with Gasteiger partial charge in [-0.05, 0) is 5.57 Å². The second-order valence-corrected chi connectivity index (χ2v) is 2.18. The van der Waals surface area contributed by atoms with Crippen molar-refractivity contribution in [2.24, 2.45) is 0 Å². The summed E-state index contributed by atoms with van der Waals surface area (Å²) in [5.41, 5.74) is 1.59. The summed E-state index contributed by atoms with van der Waals surface area (Å²) in [6.07, 6.45) is 0.440. The summed E-state index contributed by atoms with van der Waals surface area (Å²) in [6.45, 7) is 7.35. The van der Waals surface area contributed by atoms with Crippen LogP contribution in [0.1, 0.15) is 6.42 Å². The number of hydrogen-bond acceptors (Lipinski definition) is 1. The normalized spacial score (nSPS) is 19.7. The van der Waals surface area contributed by atoms with Crippen LogP contribution in [-0.4, -0.2) is 17.9 Å². The monoisotopic (exact) mass is 123 g/mol. The Morgan fingerprint density at radius 3 is 2.22 bits per heavy atom. The molecule has 0 radical (unpaired) electrons. The number of rotatable bonds is 0. The fraction of sp³-hybridized carbons (Fsp3) is 0.286. The van der Waals surface area contributed by atoms with Crippen LogP contribution >= 0.6 is 0 Å². The molecular formula is C7H9NO. The van der Waals surface area contributed by atoms with E-state index in [0.717, 1.165) is 11.3 Å².